The van der Waals surface area contributed by atoms with Crippen molar-refractivity contribution in [1.82, 2.24) is 9.97 Å². The van der Waals surface area contributed by atoms with Crippen LogP contribution in [0, 0.1) is 6.08 Å². The molecule has 0 amide bonds. The van der Waals surface area contributed by atoms with Crippen molar-refractivity contribution in [3.8, 4) is 0 Å². The molecular formula is C8H12FN3O2. The second-order valence-corrected chi connectivity index (χ2v) is 2.87. The summed E-state index contributed by atoms with van der Waals surface area (Å²) >= 11 is 0. The van der Waals surface area contributed by atoms with Crippen LogP contribution in [0.1, 0.15) is 18.1 Å². The number of nitrogens with two attached hydrogens (primary N) is 1. The minimum atomic E-state index is -1.13. The lowest BCUT2D eigenvalue weighted by Crippen LogP contribution is -2.22. The van der Waals surface area contributed by atoms with Gasteiger partial charge in [0.1, 0.15) is 6.10 Å². The molecule has 0 aromatic carbocycles. The Balaban J connectivity index is 2.68. The van der Waals surface area contributed by atoms with E-state index >= 15 is 0 Å². The van der Waals surface area contributed by atoms with Crippen LogP contribution in [0.15, 0.2) is 12.4 Å². The van der Waals surface area contributed by atoms with E-state index in [1.807, 2.05) is 0 Å². The summed E-state index contributed by atoms with van der Waals surface area (Å²) in [6.45, 7) is 0.264. The highest BCUT2D eigenvalue weighted by molar-refractivity contribution is 5.08. The fraction of sp³-hybridized carbons (Fsp3) is 0.500. The molecule has 78 valence electrons. The minimum Gasteiger partial charge on any atom is -0.390 e. The second-order valence-electron chi connectivity index (χ2n) is 2.87. The van der Waals surface area contributed by atoms with E-state index in [0.717, 1.165) is 12.4 Å². The van der Waals surface area contributed by atoms with E-state index in [0.29, 0.717) is 0 Å². The van der Waals surface area contributed by atoms with Crippen molar-refractivity contribution < 1.29 is 14.6 Å². The molecule has 0 aliphatic heterocycles. The summed E-state index contributed by atoms with van der Waals surface area (Å²) in [7, 11) is 0. The molecule has 1 rings (SSSR count). The van der Waals surface area contributed by atoms with E-state index in [4.69, 9.17) is 5.73 Å². The normalized spacial score (nSPS) is 15.1. The molecule has 0 aliphatic rings. The zero-order chi connectivity index (χ0) is 10.6. The predicted octanol–water partition coefficient (Wildman–Crippen LogP) is -0.641. The second kappa shape index (κ2) is 4.94. The van der Waals surface area contributed by atoms with Gasteiger partial charge in [-0.3, -0.25) is 0 Å². The van der Waals surface area contributed by atoms with Crippen LogP contribution in [0.4, 0.5) is 4.39 Å². The van der Waals surface area contributed by atoms with Crippen LogP contribution in [0.3, 0.4) is 0 Å². The van der Waals surface area contributed by atoms with Gasteiger partial charge >= 0.3 is 6.08 Å². The Morgan fingerprint density at radius 1 is 1.36 bits per heavy atom. The maximum Gasteiger partial charge on any atom is 0.308 e. The monoisotopic (exact) mass is 201 g/mol. The van der Waals surface area contributed by atoms with Crippen LogP contribution in [-0.2, 0) is 0 Å². The molecule has 5 nitrogen and oxygen atoms in total. The van der Waals surface area contributed by atoms with Crippen LogP contribution >= 0.6 is 0 Å². The molecule has 14 heavy (non-hydrogen) atoms. The Kier molecular flexibility index (Phi) is 3.87. The van der Waals surface area contributed by atoms with E-state index in [-0.39, 0.29) is 18.5 Å². The topological polar surface area (TPSA) is 92.3 Å². The Morgan fingerprint density at radius 2 is 1.93 bits per heavy atom. The Bertz CT molecular complexity index is 280. The Morgan fingerprint density at radius 3 is 2.43 bits per heavy atom. The van der Waals surface area contributed by atoms with Crippen molar-refractivity contribution in [3.63, 3.8) is 0 Å². The lowest BCUT2D eigenvalue weighted by molar-refractivity contribution is 0.0145. The highest BCUT2D eigenvalue weighted by Crippen LogP contribution is 2.16. The van der Waals surface area contributed by atoms with Gasteiger partial charge in [0.2, 0.25) is 0 Å². The molecule has 1 heterocycles. The molecule has 0 saturated carbocycles. The maximum absolute atomic E-state index is 12.3. The van der Waals surface area contributed by atoms with Crippen molar-refractivity contribution in [1.29, 1.82) is 0 Å². The third-order valence-electron chi connectivity index (χ3n) is 1.81. The number of hydrogen-bond donors (Lipinski definition) is 3. The average molecular weight is 201 g/mol. The van der Waals surface area contributed by atoms with E-state index in [2.05, 4.69) is 9.97 Å². The molecule has 4 N–H and O–H groups in total. The van der Waals surface area contributed by atoms with E-state index < -0.39 is 18.3 Å². The summed E-state index contributed by atoms with van der Waals surface area (Å²) in [5.74, 6) is 0. The summed E-state index contributed by atoms with van der Waals surface area (Å²) in [6, 6.07) is 0. The first-order valence-electron chi connectivity index (χ1n) is 4.18. The Labute approximate surface area is 80.4 Å². The quantitative estimate of drug-likeness (QED) is 0.563. The van der Waals surface area contributed by atoms with Crippen LogP contribution in [0.25, 0.3) is 0 Å². The molecule has 0 fully saturated rings. The average Bonchev–Trinajstić information content (AvgIpc) is 2.18. The first-order chi connectivity index (χ1) is 6.65. The molecule has 2 atom stereocenters. The van der Waals surface area contributed by atoms with Crippen LogP contribution in [0.5, 0.6) is 0 Å². The number of nitrogens with zero attached hydrogens (tertiary/aromatic N) is 2. The van der Waals surface area contributed by atoms with Crippen LogP contribution in [-0.4, -0.2) is 32.8 Å². The first kappa shape index (κ1) is 11.0. The largest absolute Gasteiger partial charge is 0.390 e. The fourth-order valence-corrected chi connectivity index (χ4v) is 1.03. The minimum absolute atomic E-state index is 0.262. The SMILES string of the molecule is NCCC(O)C(O)c1cnc(F)nc1. The Hall–Kier alpha value is -1.11. The van der Waals surface area contributed by atoms with E-state index in [9.17, 15) is 14.6 Å². The van der Waals surface area contributed by atoms with Gasteiger partial charge < -0.3 is 15.9 Å². The third kappa shape index (κ3) is 2.69. The number of aliphatic hydroxyl groups is 2. The van der Waals surface area contributed by atoms with Crippen molar-refractivity contribution >= 4 is 0 Å². The van der Waals surface area contributed by atoms with Crippen molar-refractivity contribution in [2.75, 3.05) is 6.54 Å². The highest BCUT2D eigenvalue weighted by atomic mass is 19.1. The number of rotatable bonds is 4. The van der Waals surface area contributed by atoms with E-state index in [1.54, 1.807) is 0 Å². The smallest absolute Gasteiger partial charge is 0.308 e. The van der Waals surface area contributed by atoms with Gasteiger partial charge in [-0.2, -0.15) is 4.39 Å². The molecule has 2 unspecified atom stereocenters. The van der Waals surface area contributed by atoms with Gasteiger partial charge in [-0.15, -0.1) is 0 Å². The third-order valence-corrected chi connectivity index (χ3v) is 1.81. The lowest BCUT2D eigenvalue weighted by Gasteiger charge is -2.16. The molecular weight excluding hydrogens is 189 g/mol. The summed E-state index contributed by atoms with van der Waals surface area (Å²) in [5.41, 5.74) is 5.48. The van der Waals surface area contributed by atoms with Gasteiger partial charge in [-0.25, -0.2) is 9.97 Å². The molecule has 0 saturated heterocycles. The van der Waals surface area contributed by atoms with Crippen LogP contribution < -0.4 is 5.73 Å². The summed E-state index contributed by atoms with van der Waals surface area (Å²) in [6.07, 6.45) is -0.444. The summed E-state index contributed by atoms with van der Waals surface area (Å²) in [5, 5.41) is 18.9. The number of halogens is 1. The first-order valence-corrected chi connectivity index (χ1v) is 4.18. The van der Waals surface area contributed by atoms with Gasteiger partial charge in [0.05, 0.1) is 6.10 Å². The molecule has 1 aromatic heterocycles. The summed E-state index contributed by atoms with van der Waals surface area (Å²) < 4.78 is 12.3. The molecule has 0 spiro atoms. The molecule has 1 aromatic rings. The van der Waals surface area contributed by atoms with Crippen molar-refractivity contribution in [2.45, 2.75) is 18.6 Å². The van der Waals surface area contributed by atoms with Crippen molar-refractivity contribution in [2.24, 2.45) is 5.73 Å². The number of aliphatic hydroxyl groups excluding tert-OH is 2. The van der Waals surface area contributed by atoms with Crippen molar-refractivity contribution in [3.05, 3.63) is 24.0 Å². The zero-order valence-electron chi connectivity index (χ0n) is 7.47. The standard InChI is InChI=1S/C8H12FN3O2/c9-8-11-3-5(4-12-8)7(14)6(13)1-2-10/h3-4,6-7,13-14H,1-2,10H2. The molecule has 6 heteroatoms. The number of aromatic nitrogens is 2. The lowest BCUT2D eigenvalue weighted by atomic mass is 10.1. The maximum atomic E-state index is 12.3. The van der Waals surface area contributed by atoms with E-state index in [1.165, 1.54) is 0 Å². The molecule has 0 radical (unpaired) electrons. The van der Waals surface area contributed by atoms with Crippen LogP contribution in [0.2, 0.25) is 0 Å². The predicted molar refractivity (Wildman–Crippen MR) is 46.6 cm³/mol. The van der Waals surface area contributed by atoms with Gasteiger partial charge in [0, 0.05) is 18.0 Å². The molecule has 0 aliphatic carbocycles. The van der Waals surface area contributed by atoms with Gasteiger partial charge in [-0.1, -0.05) is 0 Å². The number of hydrogen-bond acceptors (Lipinski definition) is 5. The van der Waals surface area contributed by atoms with Gasteiger partial charge in [0.25, 0.3) is 0 Å². The molecule has 0 bridgehead atoms. The van der Waals surface area contributed by atoms with Gasteiger partial charge in [-0.05, 0) is 13.0 Å². The van der Waals surface area contributed by atoms with Gasteiger partial charge in [0.15, 0.2) is 0 Å². The highest BCUT2D eigenvalue weighted by Gasteiger charge is 2.18. The zero-order valence-corrected chi connectivity index (χ0v) is 7.47. The fourth-order valence-electron chi connectivity index (χ4n) is 1.03. The summed E-state index contributed by atoms with van der Waals surface area (Å²) in [4.78, 5) is 6.53.